The van der Waals surface area contributed by atoms with Crippen molar-refractivity contribution in [3.05, 3.63) is 40.4 Å². The van der Waals surface area contributed by atoms with E-state index in [4.69, 9.17) is 4.74 Å². The molecule has 0 saturated heterocycles. The van der Waals surface area contributed by atoms with Gasteiger partial charge >= 0.3 is 11.3 Å². The molecule has 1 aromatic carbocycles. The van der Waals surface area contributed by atoms with E-state index in [1.807, 2.05) is 0 Å². The van der Waals surface area contributed by atoms with E-state index >= 15 is 0 Å². The van der Waals surface area contributed by atoms with E-state index in [-0.39, 0.29) is 11.5 Å². The SMILES string of the molecule is CCCCOc1ccc(-[n+]2[nH]oc(=O)c2C(C)=O)cc1. The molecule has 0 aliphatic heterocycles. The van der Waals surface area contributed by atoms with Crippen molar-refractivity contribution in [2.45, 2.75) is 26.7 Å². The molecule has 6 heteroatoms. The fraction of sp³-hybridized carbons (Fsp3) is 0.357. The Morgan fingerprint density at radius 2 is 2.05 bits per heavy atom. The number of ether oxygens (including phenoxy) is 1. The highest BCUT2D eigenvalue weighted by Gasteiger charge is 2.27. The monoisotopic (exact) mass is 277 g/mol. The lowest BCUT2D eigenvalue weighted by atomic mass is 10.2. The van der Waals surface area contributed by atoms with Crippen molar-refractivity contribution in [3.63, 3.8) is 0 Å². The summed E-state index contributed by atoms with van der Waals surface area (Å²) in [6.45, 7) is 4.09. The molecular formula is C14H17N2O4+. The fourth-order valence-corrected chi connectivity index (χ4v) is 1.78. The van der Waals surface area contributed by atoms with Crippen molar-refractivity contribution in [2.24, 2.45) is 0 Å². The summed E-state index contributed by atoms with van der Waals surface area (Å²) in [5, 5.41) is 2.41. The second kappa shape index (κ2) is 6.18. The van der Waals surface area contributed by atoms with E-state index in [9.17, 15) is 9.59 Å². The number of hydrogen-bond donors (Lipinski definition) is 1. The number of nitrogens with one attached hydrogen (secondary N) is 1. The predicted molar refractivity (Wildman–Crippen MR) is 71.3 cm³/mol. The number of aromatic amines is 1. The molecule has 20 heavy (non-hydrogen) atoms. The van der Waals surface area contributed by atoms with E-state index in [2.05, 4.69) is 16.7 Å². The molecule has 0 aliphatic carbocycles. The van der Waals surface area contributed by atoms with Gasteiger partial charge in [0.25, 0.3) is 0 Å². The van der Waals surface area contributed by atoms with Gasteiger partial charge in [-0.3, -0.25) is 9.32 Å². The van der Waals surface area contributed by atoms with Crippen LogP contribution in [-0.2, 0) is 0 Å². The van der Waals surface area contributed by atoms with Crippen molar-refractivity contribution in [2.75, 3.05) is 6.61 Å². The summed E-state index contributed by atoms with van der Waals surface area (Å²) >= 11 is 0. The molecule has 0 amide bonds. The lowest BCUT2D eigenvalue weighted by Crippen LogP contribution is -2.40. The number of nitrogens with zero attached hydrogens (tertiary/aromatic N) is 1. The summed E-state index contributed by atoms with van der Waals surface area (Å²) < 4.78 is 11.5. The molecule has 0 aliphatic rings. The number of unbranched alkanes of at least 4 members (excludes halogenated alkanes) is 1. The van der Waals surface area contributed by atoms with Gasteiger partial charge in [-0.15, -0.1) is 0 Å². The normalized spacial score (nSPS) is 10.5. The number of Topliss-reactive ketones (excluding diaryl/α,β-unsaturated/α-hetero) is 1. The molecule has 0 radical (unpaired) electrons. The van der Waals surface area contributed by atoms with Gasteiger partial charge in [-0.1, -0.05) is 13.3 Å². The lowest BCUT2D eigenvalue weighted by molar-refractivity contribution is -0.672. The number of H-pyrrole nitrogens is 1. The van der Waals surface area contributed by atoms with Gasteiger partial charge in [0.1, 0.15) is 5.75 Å². The third-order valence-electron chi connectivity index (χ3n) is 2.84. The van der Waals surface area contributed by atoms with Crippen LogP contribution in [0.4, 0.5) is 0 Å². The molecule has 0 bridgehead atoms. The Hall–Kier alpha value is -2.37. The van der Waals surface area contributed by atoms with Gasteiger partial charge in [-0.05, 0) is 28.5 Å². The highest BCUT2D eigenvalue weighted by atomic mass is 16.5. The summed E-state index contributed by atoms with van der Waals surface area (Å²) in [7, 11) is 0. The quantitative estimate of drug-likeness (QED) is 0.494. The zero-order chi connectivity index (χ0) is 14.5. The Labute approximate surface area is 115 Å². The van der Waals surface area contributed by atoms with Crippen molar-refractivity contribution in [1.82, 2.24) is 5.27 Å². The number of carbonyl (C=O) groups excluding carboxylic acids is 1. The summed E-state index contributed by atoms with van der Waals surface area (Å²) in [6, 6.07) is 7.07. The topological polar surface area (TPSA) is 76.2 Å². The molecule has 106 valence electrons. The van der Waals surface area contributed by atoms with Crippen LogP contribution >= 0.6 is 0 Å². The van der Waals surface area contributed by atoms with Crippen LogP contribution in [0.1, 0.15) is 37.2 Å². The van der Waals surface area contributed by atoms with E-state index in [0.717, 1.165) is 18.6 Å². The number of benzene rings is 1. The van der Waals surface area contributed by atoms with Gasteiger partial charge in [0.15, 0.2) is 0 Å². The van der Waals surface area contributed by atoms with Crippen LogP contribution < -0.4 is 15.0 Å². The number of ketones is 1. The second-order valence-electron chi connectivity index (χ2n) is 4.42. The van der Waals surface area contributed by atoms with Gasteiger partial charge in [0, 0.05) is 19.1 Å². The maximum atomic E-state index is 11.4. The average molecular weight is 277 g/mol. The van der Waals surface area contributed by atoms with Crippen LogP contribution in [-0.4, -0.2) is 17.7 Å². The molecule has 0 atom stereocenters. The third-order valence-corrected chi connectivity index (χ3v) is 2.84. The van der Waals surface area contributed by atoms with Crippen LogP contribution in [0.15, 0.2) is 33.6 Å². The van der Waals surface area contributed by atoms with Crippen molar-refractivity contribution in [3.8, 4) is 11.4 Å². The second-order valence-corrected chi connectivity index (χ2v) is 4.42. The smallest absolute Gasteiger partial charge is 0.438 e. The zero-order valence-electron chi connectivity index (χ0n) is 11.5. The van der Waals surface area contributed by atoms with Gasteiger partial charge in [0.2, 0.25) is 11.5 Å². The maximum absolute atomic E-state index is 11.4. The molecule has 2 rings (SSSR count). The first kappa shape index (κ1) is 14.0. The Morgan fingerprint density at radius 3 is 2.65 bits per heavy atom. The van der Waals surface area contributed by atoms with Crippen molar-refractivity contribution >= 4 is 5.78 Å². The summed E-state index contributed by atoms with van der Waals surface area (Å²) in [5.74, 6) is 0.390. The Balaban J connectivity index is 2.22. The molecule has 1 aromatic heterocycles. The highest BCUT2D eigenvalue weighted by molar-refractivity contribution is 5.90. The van der Waals surface area contributed by atoms with Crippen LogP contribution in [0.25, 0.3) is 5.69 Å². The standard InChI is InChI=1S/C14H16N2O4/c1-3-4-9-19-12-7-5-11(6-8-12)16-13(10(2)17)14(18)20-15-16/h5-8H,3-4,9H2,1-2H3/p+1. The predicted octanol–water partition coefficient (Wildman–Crippen LogP) is 1.63. The highest BCUT2D eigenvalue weighted by Crippen LogP contribution is 2.12. The summed E-state index contributed by atoms with van der Waals surface area (Å²) in [6.07, 6.45) is 2.08. The number of hydrogen-bond acceptors (Lipinski definition) is 4. The average Bonchev–Trinajstić information content (AvgIpc) is 2.82. The van der Waals surface area contributed by atoms with Crippen LogP contribution in [0.2, 0.25) is 0 Å². The maximum Gasteiger partial charge on any atom is 0.438 e. The number of aromatic nitrogens is 2. The minimum absolute atomic E-state index is 0.0374. The first-order chi connectivity index (χ1) is 9.63. The van der Waals surface area contributed by atoms with Crippen molar-refractivity contribution in [1.29, 1.82) is 0 Å². The molecule has 1 N–H and O–H groups in total. The van der Waals surface area contributed by atoms with Gasteiger partial charge < -0.3 is 4.74 Å². The minimum Gasteiger partial charge on any atom is -0.494 e. The summed E-state index contributed by atoms with van der Waals surface area (Å²) in [5.41, 5.74) is -0.0886. The third kappa shape index (κ3) is 2.96. The first-order valence-electron chi connectivity index (χ1n) is 6.51. The molecule has 1 heterocycles. The van der Waals surface area contributed by atoms with Crippen LogP contribution in [0.5, 0.6) is 5.75 Å². The number of rotatable bonds is 6. The van der Waals surface area contributed by atoms with E-state index in [0.29, 0.717) is 12.3 Å². The largest absolute Gasteiger partial charge is 0.494 e. The Morgan fingerprint density at radius 1 is 1.35 bits per heavy atom. The van der Waals surface area contributed by atoms with Crippen LogP contribution in [0.3, 0.4) is 0 Å². The molecule has 6 nitrogen and oxygen atoms in total. The Kier molecular flexibility index (Phi) is 4.34. The molecular weight excluding hydrogens is 260 g/mol. The van der Waals surface area contributed by atoms with Crippen LogP contribution in [0, 0.1) is 0 Å². The van der Waals surface area contributed by atoms with Gasteiger partial charge in [-0.2, -0.15) is 0 Å². The van der Waals surface area contributed by atoms with E-state index in [1.54, 1.807) is 24.3 Å². The van der Waals surface area contributed by atoms with E-state index in [1.165, 1.54) is 11.6 Å². The minimum atomic E-state index is -0.680. The van der Waals surface area contributed by atoms with E-state index < -0.39 is 5.63 Å². The van der Waals surface area contributed by atoms with Crippen molar-refractivity contribution < 1.29 is 18.7 Å². The number of carbonyl (C=O) groups is 1. The first-order valence-corrected chi connectivity index (χ1v) is 6.51. The van der Waals surface area contributed by atoms with Gasteiger partial charge in [0.05, 0.1) is 6.61 Å². The molecule has 2 aromatic rings. The molecule has 0 unspecified atom stereocenters. The zero-order valence-corrected chi connectivity index (χ0v) is 11.5. The molecule has 0 saturated carbocycles. The molecule has 0 spiro atoms. The molecule has 0 fully saturated rings. The fourth-order valence-electron chi connectivity index (χ4n) is 1.78. The summed E-state index contributed by atoms with van der Waals surface area (Å²) in [4.78, 5) is 22.9. The Bertz CT molecular complexity index is 640. The van der Waals surface area contributed by atoms with Gasteiger partial charge in [-0.25, -0.2) is 4.79 Å². The lowest BCUT2D eigenvalue weighted by Gasteiger charge is -2.04.